The molecule has 0 fully saturated rings. The van der Waals surface area contributed by atoms with Crippen LogP contribution >= 0.6 is 0 Å². The van der Waals surface area contributed by atoms with E-state index in [1.807, 2.05) is 46.8 Å². The molecule has 0 amide bonds. The summed E-state index contributed by atoms with van der Waals surface area (Å²) in [6.07, 6.45) is 0. The molecule has 3 heteroatoms. The summed E-state index contributed by atoms with van der Waals surface area (Å²) in [5.74, 6) is 0.755. The molecular formula is C30H38O3. The van der Waals surface area contributed by atoms with Gasteiger partial charge in [-0.3, -0.25) is 0 Å². The van der Waals surface area contributed by atoms with E-state index in [4.69, 9.17) is 4.74 Å². The summed E-state index contributed by atoms with van der Waals surface area (Å²) >= 11 is 0. The number of esters is 1. The lowest BCUT2D eigenvalue weighted by Gasteiger charge is -2.27. The summed E-state index contributed by atoms with van der Waals surface area (Å²) in [6, 6.07) is 11.9. The van der Waals surface area contributed by atoms with Crippen LogP contribution in [0.2, 0.25) is 0 Å². The van der Waals surface area contributed by atoms with E-state index >= 15 is 0 Å². The van der Waals surface area contributed by atoms with E-state index in [1.54, 1.807) is 6.07 Å². The molecule has 1 aromatic rings. The van der Waals surface area contributed by atoms with Gasteiger partial charge in [-0.2, -0.15) is 0 Å². The molecule has 0 aromatic heterocycles. The molecule has 1 aromatic carbocycles. The minimum Gasteiger partial charge on any atom is -0.508 e. The van der Waals surface area contributed by atoms with E-state index in [9.17, 15) is 9.90 Å². The number of ether oxygens (including phenoxy) is 1. The number of hydrogen-bond donors (Lipinski definition) is 1. The van der Waals surface area contributed by atoms with Gasteiger partial charge in [-0.25, -0.2) is 4.79 Å². The van der Waals surface area contributed by atoms with Crippen LogP contribution < -0.4 is 4.74 Å². The van der Waals surface area contributed by atoms with Crippen molar-refractivity contribution in [3.05, 3.63) is 69.8 Å². The zero-order valence-electron chi connectivity index (χ0n) is 21.8. The lowest BCUT2D eigenvalue weighted by molar-refractivity contribution is 0.0732. The number of aryl methyl sites for hydroxylation is 2. The molecule has 0 spiro atoms. The Morgan fingerprint density at radius 1 is 0.848 bits per heavy atom. The van der Waals surface area contributed by atoms with E-state index in [0.29, 0.717) is 17.2 Å². The molecule has 176 valence electrons. The van der Waals surface area contributed by atoms with Crippen LogP contribution in [0.1, 0.15) is 99.5 Å². The topological polar surface area (TPSA) is 46.5 Å². The first-order valence-corrected chi connectivity index (χ1v) is 11.7. The summed E-state index contributed by atoms with van der Waals surface area (Å²) in [4.78, 5) is 13.6. The van der Waals surface area contributed by atoms with E-state index in [1.165, 1.54) is 5.56 Å². The summed E-state index contributed by atoms with van der Waals surface area (Å²) in [5, 5.41) is 10.7. The predicted octanol–water partition coefficient (Wildman–Crippen LogP) is 8.05. The first kappa shape index (κ1) is 24.8. The summed E-state index contributed by atoms with van der Waals surface area (Å²) < 4.78 is 6.08. The van der Waals surface area contributed by atoms with Gasteiger partial charge in [0.15, 0.2) is 0 Å². The van der Waals surface area contributed by atoms with Crippen molar-refractivity contribution in [2.75, 3.05) is 0 Å². The molecule has 3 rings (SSSR count). The summed E-state index contributed by atoms with van der Waals surface area (Å²) in [5.41, 5.74) is 6.93. The zero-order valence-corrected chi connectivity index (χ0v) is 21.8. The van der Waals surface area contributed by atoms with Crippen molar-refractivity contribution in [2.45, 2.75) is 86.0 Å². The van der Waals surface area contributed by atoms with Gasteiger partial charge in [0.1, 0.15) is 11.5 Å². The highest BCUT2D eigenvalue weighted by atomic mass is 16.5. The van der Waals surface area contributed by atoms with Gasteiger partial charge < -0.3 is 9.84 Å². The molecular weight excluding hydrogens is 408 g/mol. The number of aromatic hydroxyl groups is 1. The van der Waals surface area contributed by atoms with Crippen molar-refractivity contribution in [3.8, 4) is 22.6 Å². The molecule has 0 saturated carbocycles. The quantitative estimate of drug-likeness (QED) is 0.327. The summed E-state index contributed by atoms with van der Waals surface area (Å²) in [7, 11) is 0. The maximum atomic E-state index is 13.6. The molecule has 2 aliphatic carbocycles. The minimum absolute atomic E-state index is 0.228. The smallest absolute Gasteiger partial charge is 0.344 e. The van der Waals surface area contributed by atoms with Gasteiger partial charge in [-0.05, 0) is 76.6 Å². The van der Waals surface area contributed by atoms with Gasteiger partial charge in [-0.1, -0.05) is 73.6 Å². The first-order valence-electron chi connectivity index (χ1n) is 11.7. The maximum Gasteiger partial charge on any atom is 0.344 e. The SMILES string of the molecule is Cc1cc(C(=O)Oc2cc(C(C)(C)C)c(O)cc2C(C)(C)C)c2c(C)ccc(C(C)C)cc1-2. The fourth-order valence-corrected chi connectivity index (χ4v) is 4.35. The first-order chi connectivity index (χ1) is 15.1. The number of rotatable bonds is 3. The molecule has 2 aliphatic rings. The number of carbonyl (C=O) groups is 1. The highest BCUT2D eigenvalue weighted by Gasteiger charge is 2.29. The highest BCUT2D eigenvalue weighted by Crippen LogP contribution is 2.42. The van der Waals surface area contributed by atoms with Crippen LogP contribution in [0.4, 0.5) is 0 Å². The fraction of sp³-hybridized carbons (Fsp3) is 0.433. The molecule has 33 heavy (non-hydrogen) atoms. The lowest BCUT2D eigenvalue weighted by Crippen LogP contribution is -2.19. The van der Waals surface area contributed by atoms with Crippen LogP contribution in [0.5, 0.6) is 11.5 Å². The third kappa shape index (κ3) is 4.93. The molecule has 0 unspecified atom stereocenters. The molecule has 0 radical (unpaired) electrons. The van der Waals surface area contributed by atoms with Gasteiger partial charge in [0, 0.05) is 11.1 Å². The molecule has 0 atom stereocenters. The summed E-state index contributed by atoms with van der Waals surface area (Å²) in [6.45, 7) is 20.7. The minimum atomic E-state index is -0.371. The monoisotopic (exact) mass is 446 g/mol. The van der Waals surface area contributed by atoms with Crippen LogP contribution in [-0.2, 0) is 10.8 Å². The third-order valence-corrected chi connectivity index (χ3v) is 6.36. The molecule has 1 N–H and O–H groups in total. The second-order valence-electron chi connectivity index (χ2n) is 11.6. The number of fused-ring (bicyclic) bond motifs is 1. The van der Waals surface area contributed by atoms with Crippen molar-refractivity contribution in [1.82, 2.24) is 0 Å². The van der Waals surface area contributed by atoms with Crippen LogP contribution in [-0.4, -0.2) is 11.1 Å². The van der Waals surface area contributed by atoms with Crippen molar-refractivity contribution < 1.29 is 14.6 Å². The Kier molecular flexibility index (Phi) is 6.41. The third-order valence-electron chi connectivity index (χ3n) is 6.36. The van der Waals surface area contributed by atoms with Gasteiger partial charge in [-0.15, -0.1) is 0 Å². The van der Waals surface area contributed by atoms with E-state index in [0.717, 1.165) is 33.4 Å². The molecule has 0 aliphatic heterocycles. The Morgan fingerprint density at radius 2 is 1.45 bits per heavy atom. The number of carbonyl (C=O) groups excluding carboxylic acids is 1. The van der Waals surface area contributed by atoms with Crippen LogP contribution in [0.25, 0.3) is 11.1 Å². The average Bonchev–Trinajstić information content (AvgIpc) is 2.89. The Bertz CT molecular complexity index is 1170. The van der Waals surface area contributed by atoms with Crippen molar-refractivity contribution in [1.29, 1.82) is 0 Å². The number of hydrogen-bond acceptors (Lipinski definition) is 3. The van der Waals surface area contributed by atoms with Gasteiger partial charge >= 0.3 is 5.97 Å². The largest absolute Gasteiger partial charge is 0.508 e. The van der Waals surface area contributed by atoms with E-state index in [2.05, 4.69) is 52.8 Å². The van der Waals surface area contributed by atoms with E-state index < -0.39 is 0 Å². The molecule has 0 bridgehead atoms. The average molecular weight is 447 g/mol. The Morgan fingerprint density at radius 3 is 2.00 bits per heavy atom. The van der Waals surface area contributed by atoms with Crippen molar-refractivity contribution in [3.63, 3.8) is 0 Å². The zero-order chi connectivity index (χ0) is 24.9. The van der Waals surface area contributed by atoms with Crippen molar-refractivity contribution in [2.24, 2.45) is 0 Å². The Balaban J connectivity index is 2.14. The maximum absolute atomic E-state index is 13.6. The molecule has 0 saturated heterocycles. The number of phenolic OH excluding ortho intramolecular Hbond substituents is 1. The van der Waals surface area contributed by atoms with Crippen LogP contribution in [0.15, 0.2) is 36.4 Å². The molecule has 0 heterocycles. The van der Waals surface area contributed by atoms with Crippen LogP contribution in [0, 0.1) is 13.8 Å². The van der Waals surface area contributed by atoms with Gasteiger partial charge in [0.2, 0.25) is 0 Å². The van der Waals surface area contributed by atoms with Gasteiger partial charge in [0.25, 0.3) is 0 Å². The standard InChI is InChI=1S/C30H38O3/c1-17(2)20-12-11-18(3)27-21(14-20)19(4)13-22(27)28(32)33-26-16-23(29(5,6)7)25(31)15-24(26)30(8,9)10/h11-17,31H,1-10H3. The van der Waals surface area contributed by atoms with Crippen LogP contribution in [0.3, 0.4) is 0 Å². The number of phenols is 1. The second kappa shape index (κ2) is 8.52. The Hall–Kier alpha value is -2.81. The number of benzene rings is 1. The fourth-order valence-electron chi connectivity index (χ4n) is 4.35. The van der Waals surface area contributed by atoms with Crippen molar-refractivity contribution >= 4 is 5.97 Å². The second-order valence-corrected chi connectivity index (χ2v) is 11.6. The molecule has 3 nitrogen and oxygen atoms in total. The Labute approximate surface area is 199 Å². The lowest BCUT2D eigenvalue weighted by atomic mass is 9.81. The highest BCUT2D eigenvalue weighted by molar-refractivity contribution is 6.02. The predicted molar refractivity (Wildman–Crippen MR) is 137 cm³/mol. The normalized spacial score (nSPS) is 12.5. The van der Waals surface area contributed by atoms with Gasteiger partial charge in [0.05, 0.1) is 5.56 Å². The van der Waals surface area contributed by atoms with E-state index in [-0.39, 0.29) is 22.5 Å².